The van der Waals surface area contributed by atoms with Gasteiger partial charge in [-0.25, -0.2) is 4.98 Å². The molecule has 1 heterocycles. The van der Waals surface area contributed by atoms with Gasteiger partial charge in [0.05, 0.1) is 13.0 Å². The van der Waals surface area contributed by atoms with E-state index in [1.54, 1.807) is 6.92 Å². The van der Waals surface area contributed by atoms with Crippen molar-refractivity contribution >= 4 is 17.7 Å². The summed E-state index contributed by atoms with van der Waals surface area (Å²) < 4.78 is 21.6. The second-order valence-corrected chi connectivity index (χ2v) is 10.4. The summed E-state index contributed by atoms with van der Waals surface area (Å²) in [6, 6.07) is 14.1. The fraction of sp³-hybridized carbons (Fsp3) is 0.394. The predicted molar refractivity (Wildman–Crippen MR) is 155 cm³/mol. The van der Waals surface area contributed by atoms with E-state index in [0.717, 1.165) is 22.3 Å². The second kappa shape index (κ2) is 13.9. The SMILES string of the molecule is COc1ccnc(C(=O)C[C@@H](C)C(=O)O[C@@H](C)C(c2ccc(C)c(C)c2)c2ccc(C)c(C)c2)c1OCOC(C)=O. The van der Waals surface area contributed by atoms with Gasteiger partial charge in [0.15, 0.2) is 23.0 Å². The first-order valence-corrected chi connectivity index (χ1v) is 13.6. The topological polar surface area (TPSA) is 101 Å². The Morgan fingerprint density at radius 1 is 0.854 bits per heavy atom. The molecule has 3 aromatic rings. The highest BCUT2D eigenvalue weighted by molar-refractivity contribution is 5.99. The molecule has 0 saturated carbocycles. The van der Waals surface area contributed by atoms with Crippen LogP contribution in [0.15, 0.2) is 48.7 Å². The molecule has 2 aromatic carbocycles. The first-order valence-electron chi connectivity index (χ1n) is 13.6. The second-order valence-electron chi connectivity index (χ2n) is 10.4. The number of carbonyl (C=O) groups is 3. The van der Waals surface area contributed by atoms with E-state index in [0.29, 0.717) is 0 Å². The van der Waals surface area contributed by atoms with Gasteiger partial charge in [-0.05, 0) is 68.0 Å². The van der Waals surface area contributed by atoms with Gasteiger partial charge in [0.25, 0.3) is 0 Å². The molecule has 0 amide bonds. The number of rotatable bonds is 12. The Morgan fingerprint density at radius 3 is 1.95 bits per heavy atom. The van der Waals surface area contributed by atoms with Crippen LogP contribution in [0.25, 0.3) is 0 Å². The number of benzene rings is 2. The Balaban J connectivity index is 1.80. The fourth-order valence-corrected chi connectivity index (χ4v) is 4.58. The van der Waals surface area contributed by atoms with Crippen LogP contribution in [0, 0.1) is 33.6 Å². The maximum atomic E-state index is 13.3. The minimum atomic E-state index is -0.751. The third kappa shape index (κ3) is 7.93. The zero-order valence-corrected chi connectivity index (χ0v) is 25.1. The molecule has 0 saturated heterocycles. The molecule has 0 bridgehead atoms. The third-order valence-electron chi connectivity index (χ3n) is 7.26. The monoisotopic (exact) mass is 561 g/mol. The Hall–Kier alpha value is -4.20. The van der Waals surface area contributed by atoms with Crippen molar-refractivity contribution < 1.29 is 33.3 Å². The van der Waals surface area contributed by atoms with Crippen LogP contribution < -0.4 is 9.47 Å². The lowest BCUT2D eigenvalue weighted by molar-refractivity contribution is -0.153. The van der Waals surface area contributed by atoms with Crippen LogP contribution >= 0.6 is 0 Å². The van der Waals surface area contributed by atoms with Gasteiger partial charge in [0, 0.05) is 31.5 Å². The summed E-state index contributed by atoms with van der Waals surface area (Å²) in [5, 5.41) is 0. The molecule has 8 nitrogen and oxygen atoms in total. The number of Topliss-reactive ketones (excluding diaryl/α,β-unsaturated/α-hetero) is 1. The highest BCUT2D eigenvalue weighted by Crippen LogP contribution is 2.34. The normalized spacial score (nSPS) is 12.4. The molecule has 1 aromatic heterocycles. The zero-order chi connectivity index (χ0) is 30.3. The van der Waals surface area contributed by atoms with Crippen LogP contribution in [0.5, 0.6) is 11.5 Å². The molecule has 0 aliphatic rings. The number of aromatic nitrogens is 1. The minimum absolute atomic E-state index is 0.0210. The fourth-order valence-electron chi connectivity index (χ4n) is 4.58. The van der Waals surface area contributed by atoms with E-state index in [4.69, 9.17) is 18.9 Å². The van der Waals surface area contributed by atoms with Crippen LogP contribution in [-0.4, -0.2) is 42.7 Å². The van der Waals surface area contributed by atoms with Gasteiger partial charge in [-0.3, -0.25) is 14.4 Å². The maximum Gasteiger partial charge on any atom is 0.309 e. The molecule has 218 valence electrons. The summed E-state index contributed by atoms with van der Waals surface area (Å²) in [6.45, 7) is 12.6. The van der Waals surface area contributed by atoms with Crippen molar-refractivity contribution in [3.8, 4) is 11.5 Å². The molecule has 0 unspecified atom stereocenters. The van der Waals surface area contributed by atoms with E-state index in [2.05, 4.69) is 69.1 Å². The van der Waals surface area contributed by atoms with Crippen molar-refractivity contribution in [2.24, 2.45) is 5.92 Å². The molecule has 2 atom stereocenters. The van der Waals surface area contributed by atoms with Crippen LogP contribution in [0.3, 0.4) is 0 Å². The average molecular weight is 562 g/mol. The van der Waals surface area contributed by atoms with Crippen molar-refractivity contribution in [3.05, 3.63) is 87.7 Å². The average Bonchev–Trinajstić information content (AvgIpc) is 2.92. The standard InChI is InChI=1S/C33H39NO7/c1-19-9-11-26(15-21(19)3)30(27-12-10-20(2)22(4)16-27)24(6)41-33(37)23(5)17-28(36)31-32(40-18-39-25(7)35)29(38-8)13-14-34-31/h9-16,23-24,30H,17-18H2,1-8H3/t23-,24+/m1/s1. The number of nitrogens with zero attached hydrogens (tertiary/aromatic N) is 1. The van der Waals surface area contributed by atoms with Crippen molar-refractivity contribution in [2.75, 3.05) is 13.9 Å². The number of ether oxygens (including phenoxy) is 4. The lowest BCUT2D eigenvalue weighted by Gasteiger charge is -2.27. The van der Waals surface area contributed by atoms with Crippen molar-refractivity contribution in [1.82, 2.24) is 4.98 Å². The van der Waals surface area contributed by atoms with E-state index >= 15 is 0 Å². The summed E-state index contributed by atoms with van der Waals surface area (Å²) in [6.07, 6.45) is 0.753. The van der Waals surface area contributed by atoms with Crippen molar-refractivity contribution in [2.45, 2.75) is 66.9 Å². The molecular weight excluding hydrogens is 522 g/mol. The lowest BCUT2D eigenvalue weighted by Crippen LogP contribution is -2.28. The van der Waals surface area contributed by atoms with Gasteiger partial charge in [0.2, 0.25) is 6.79 Å². The van der Waals surface area contributed by atoms with Gasteiger partial charge >= 0.3 is 11.9 Å². The van der Waals surface area contributed by atoms with Gasteiger partial charge in [-0.15, -0.1) is 0 Å². The highest BCUT2D eigenvalue weighted by atomic mass is 16.7. The first kappa shape index (κ1) is 31.3. The number of esters is 2. The number of hydrogen-bond donors (Lipinski definition) is 0. The summed E-state index contributed by atoms with van der Waals surface area (Å²) in [5.74, 6) is -2.11. The van der Waals surface area contributed by atoms with Crippen LogP contribution in [0.1, 0.15) is 77.0 Å². The molecular formula is C33H39NO7. The molecule has 0 aliphatic carbocycles. The molecule has 41 heavy (non-hydrogen) atoms. The number of pyridine rings is 1. The number of carbonyl (C=O) groups excluding carboxylic acids is 3. The van der Waals surface area contributed by atoms with Gasteiger partial charge < -0.3 is 18.9 Å². The molecule has 0 fully saturated rings. The van der Waals surface area contributed by atoms with Gasteiger partial charge in [-0.1, -0.05) is 43.3 Å². The Morgan fingerprint density at radius 2 is 1.44 bits per heavy atom. The Bertz CT molecular complexity index is 1360. The molecule has 0 aliphatic heterocycles. The highest BCUT2D eigenvalue weighted by Gasteiger charge is 2.29. The third-order valence-corrected chi connectivity index (χ3v) is 7.26. The van der Waals surface area contributed by atoms with E-state index < -0.39 is 36.5 Å². The first-order chi connectivity index (χ1) is 19.4. The van der Waals surface area contributed by atoms with E-state index in [9.17, 15) is 14.4 Å². The van der Waals surface area contributed by atoms with Gasteiger partial charge in [-0.2, -0.15) is 0 Å². The van der Waals surface area contributed by atoms with Gasteiger partial charge in [0.1, 0.15) is 6.10 Å². The quantitative estimate of drug-likeness (QED) is 0.146. The summed E-state index contributed by atoms with van der Waals surface area (Å²) in [4.78, 5) is 41.8. The molecule has 3 rings (SSSR count). The van der Waals surface area contributed by atoms with E-state index in [-0.39, 0.29) is 29.5 Å². The number of hydrogen-bond acceptors (Lipinski definition) is 8. The number of ketones is 1. The smallest absolute Gasteiger partial charge is 0.309 e. The van der Waals surface area contributed by atoms with E-state index in [1.165, 1.54) is 37.4 Å². The maximum absolute atomic E-state index is 13.3. The number of methoxy groups -OCH3 is 1. The van der Waals surface area contributed by atoms with Crippen LogP contribution in [-0.2, 0) is 19.1 Å². The minimum Gasteiger partial charge on any atom is -0.493 e. The predicted octanol–water partition coefficient (Wildman–Crippen LogP) is 6.20. The largest absolute Gasteiger partial charge is 0.493 e. The Kier molecular flexibility index (Phi) is 10.6. The molecule has 0 spiro atoms. The van der Waals surface area contributed by atoms with Crippen LogP contribution in [0.2, 0.25) is 0 Å². The van der Waals surface area contributed by atoms with Crippen molar-refractivity contribution in [3.63, 3.8) is 0 Å². The summed E-state index contributed by atoms with van der Waals surface area (Å²) >= 11 is 0. The number of aryl methyl sites for hydroxylation is 4. The Labute approximate surface area is 242 Å². The molecule has 0 N–H and O–H groups in total. The summed E-state index contributed by atoms with van der Waals surface area (Å²) in [7, 11) is 1.42. The summed E-state index contributed by atoms with van der Waals surface area (Å²) in [5.41, 5.74) is 6.77. The van der Waals surface area contributed by atoms with E-state index in [1.807, 2.05) is 6.92 Å². The molecule has 0 radical (unpaired) electrons. The van der Waals surface area contributed by atoms with Crippen molar-refractivity contribution in [1.29, 1.82) is 0 Å². The molecule has 8 heteroatoms. The zero-order valence-electron chi connectivity index (χ0n) is 25.1. The van der Waals surface area contributed by atoms with Crippen LogP contribution in [0.4, 0.5) is 0 Å². The lowest BCUT2D eigenvalue weighted by atomic mass is 9.84.